The van der Waals surface area contributed by atoms with Crippen molar-refractivity contribution in [1.29, 1.82) is 0 Å². The zero-order valence-electron chi connectivity index (χ0n) is 11.8. The standard InChI is InChI=1S/C14H20N4S/c1-10(2)11(3)17(4)13-15-16-14(19)18(13)12-8-6-5-7-9-12/h5-11H,1-4H3,(H,16,19). The molecule has 0 bridgehead atoms. The van der Waals surface area contributed by atoms with E-state index in [1.807, 2.05) is 34.9 Å². The highest BCUT2D eigenvalue weighted by Crippen LogP contribution is 2.21. The van der Waals surface area contributed by atoms with E-state index in [1.54, 1.807) is 0 Å². The second-order valence-electron chi connectivity index (χ2n) is 5.10. The molecule has 5 heteroatoms. The summed E-state index contributed by atoms with van der Waals surface area (Å²) in [7, 11) is 2.05. The number of hydrogen-bond donors (Lipinski definition) is 1. The number of nitrogens with one attached hydrogen (secondary N) is 1. The molecule has 2 rings (SSSR count). The highest BCUT2D eigenvalue weighted by Gasteiger charge is 2.19. The van der Waals surface area contributed by atoms with Gasteiger partial charge in [0, 0.05) is 13.1 Å². The van der Waals surface area contributed by atoms with Crippen LogP contribution in [0, 0.1) is 10.7 Å². The molecule has 102 valence electrons. The predicted octanol–water partition coefficient (Wildman–Crippen LogP) is 3.41. The van der Waals surface area contributed by atoms with Crippen LogP contribution in [-0.2, 0) is 0 Å². The number of rotatable bonds is 4. The molecule has 1 N–H and O–H groups in total. The maximum absolute atomic E-state index is 5.34. The molecule has 19 heavy (non-hydrogen) atoms. The highest BCUT2D eigenvalue weighted by molar-refractivity contribution is 7.71. The molecular weight excluding hydrogens is 256 g/mol. The van der Waals surface area contributed by atoms with Crippen LogP contribution in [0.1, 0.15) is 20.8 Å². The fraction of sp³-hybridized carbons (Fsp3) is 0.429. The maximum atomic E-state index is 5.34. The van der Waals surface area contributed by atoms with Gasteiger partial charge in [-0.05, 0) is 37.2 Å². The van der Waals surface area contributed by atoms with Crippen molar-refractivity contribution in [3.8, 4) is 5.69 Å². The Morgan fingerprint density at radius 3 is 2.42 bits per heavy atom. The molecule has 1 aromatic carbocycles. The molecule has 0 fully saturated rings. The number of aromatic amines is 1. The topological polar surface area (TPSA) is 36.9 Å². The Morgan fingerprint density at radius 2 is 1.84 bits per heavy atom. The molecule has 1 heterocycles. The van der Waals surface area contributed by atoms with Gasteiger partial charge in [0.25, 0.3) is 0 Å². The van der Waals surface area contributed by atoms with Crippen LogP contribution in [0.3, 0.4) is 0 Å². The van der Waals surface area contributed by atoms with Crippen LogP contribution < -0.4 is 4.90 Å². The van der Waals surface area contributed by atoms with Gasteiger partial charge in [0.15, 0.2) is 0 Å². The summed E-state index contributed by atoms with van der Waals surface area (Å²) in [6.07, 6.45) is 0. The Labute approximate surface area is 119 Å². The van der Waals surface area contributed by atoms with Gasteiger partial charge in [-0.15, -0.1) is 5.10 Å². The van der Waals surface area contributed by atoms with Gasteiger partial charge in [-0.2, -0.15) is 0 Å². The van der Waals surface area contributed by atoms with Crippen LogP contribution in [0.2, 0.25) is 0 Å². The van der Waals surface area contributed by atoms with E-state index in [0.29, 0.717) is 16.7 Å². The number of anilines is 1. The maximum Gasteiger partial charge on any atom is 0.230 e. The van der Waals surface area contributed by atoms with Crippen molar-refractivity contribution in [3.05, 3.63) is 35.1 Å². The Balaban J connectivity index is 2.47. The molecule has 0 radical (unpaired) electrons. The van der Waals surface area contributed by atoms with Crippen molar-refractivity contribution in [2.75, 3.05) is 11.9 Å². The number of H-pyrrole nitrogens is 1. The smallest absolute Gasteiger partial charge is 0.230 e. The molecule has 0 saturated heterocycles. The van der Waals surface area contributed by atoms with Crippen LogP contribution in [0.25, 0.3) is 5.69 Å². The first-order valence-corrected chi connectivity index (χ1v) is 6.89. The van der Waals surface area contributed by atoms with E-state index in [4.69, 9.17) is 12.2 Å². The number of aromatic nitrogens is 3. The molecule has 1 atom stereocenters. The van der Waals surface area contributed by atoms with Crippen molar-refractivity contribution in [2.45, 2.75) is 26.8 Å². The van der Waals surface area contributed by atoms with Crippen LogP contribution in [0.5, 0.6) is 0 Å². The number of hydrogen-bond acceptors (Lipinski definition) is 3. The van der Waals surface area contributed by atoms with Gasteiger partial charge < -0.3 is 4.90 Å². The van der Waals surface area contributed by atoms with Gasteiger partial charge in [-0.3, -0.25) is 4.57 Å². The molecule has 1 unspecified atom stereocenters. The summed E-state index contributed by atoms with van der Waals surface area (Å²) in [5, 5.41) is 7.25. The molecule has 0 aliphatic carbocycles. The first kappa shape index (κ1) is 13.8. The molecule has 0 spiro atoms. The Kier molecular flexibility index (Phi) is 4.04. The molecule has 0 saturated carbocycles. The van der Waals surface area contributed by atoms with Gasteiger partial charge in [0.2, 0.25) is 10.7 Å². The van der Waals surface area contributed by atoms with Gasteiger partial charge >= 0.3 is 0 Å². The zero-order valence-corrected chi connectivity index (χ0v) is 12.6. The van der Waals surface area contributed by atoms with E-state index in [2.05, 4.69) is 42.9 Å². The lowest BCUT2D eigenvalue weighted by Crippen LogP contribution is -2.35. The molecule has 1 aromatic heterocycles. The van der Waals surface area contributed by atoms with Gasteiger partial charge in [0.05, 0.1) is 5.69 Å². The van der Waals surface area contributed by atoms with Crippen molar-refractivity contribution < 1.29 is 0 Å². The zero-order chi connectivity index (χ0) is 14.0. The van der Waals surface area contributed by atoms with Crippen LogP contribution in [-0.4, -0.2) is 27.9 Å². The Bertz CT molecular complexity index is 585. The average Bonchev–Trinajstić information content (AvgIpc) is 2.79. The second kappa shape index (κ2) is 5.57. The number of benzene rings is 1. The van der Waals surface area contributed by atoms with E-state index < -0.39 is 0 Å². The molecule has 4 nitrogen and oxygen atoms in total. The van der Waals surface area contributed by atoms with E-state index >= 15 is 0 Å². The lowest BCUT2D eigenvalue weighted by Gasteiger charge is -2.28. The molecular formula is C14H20N4S. The van der Waals surface area contributed by atoms with Crippen molar-refractivity contribution in [3.63, 3.8) is 0 Å². The van der Waals surface area contributed by atoms with Crippen molar-refractivity contribution in [2.24, 2.45) is 5.92 Å². The molecule has 0 aliphatic rings. The first-order chi connectivity index (χ1) is 9.02. The minimum Gasteiger partial charge on any atom is -0.341 e. The van der Waals surface area contributed by atoms with Gasteiger partial charge in [0.1, 0.15) is 0 Å². The van der Waals surface area contributed by atoms with Crippen LogP contribution >= 0.6 is 12.2 Å². The summed E-state index contributed by atoms with van der Waals surface area (Å²) >= 11 is 5.34. The predicted molar refractivity (Wildman–Crippen MR) is 81.5 cm³/mol. The van der Waals surface area contributed by atoms with Crippen molar-refractivity contribution in [1.82, 2.24) is 14.8 Å². The third kappa shape index (κ3) is 2.71. The summed E-state index contributed by atoms with van der Waals surface area (Å²) in [5.74, 6) is 1.39. The second-order valence-corrected chi connectivity index (χ2v) is 5.48. The minimum atomic E-state index is 0.382. The summed E-state index contributed by atoms with van der Waals surface area (Å²) in [6, 6.07) is 10.4. The van der Waals surface area contributed by atoms with E-state index in [9.17, 15) is 0 Å². The average molecular weight is 276 g/mol. The molecule has 0 amide bonds. The fourth-order valence-electron chi connectivity index (χ4n) is 1.96. The van der Waals surface area contributed by atoms with E-state index in [0.717, 1.165) is 11.6 Å². The van der Waals surface area contributed by atoms with E-state index in [-0.39, 0.29) is 0 Å². The van der Waals surface area contributed by atoms with Crippen molar-refractivity contribution >= 4 is 18.2 Å². The normalized spacial score (nSPS) is 12.7. The summed E-state index contributed by atoms with van der Waals surface area (Å²) in [5.41, 5.74) is 1.03. The fourth-order valence-corrected chi connectivity index (χ4v) is 2.20. The third-order valence-corrected chi connectivity index (χ3v) is 3.83. The largest absolute Gasteiger partial charge is 0.341 e. The van der Waals surface area contributed by atoms with Gasteiger partial charge in [-0.25, -0.2) is 5.10 Å². The third-order valence-electron chi connectivity index (χ3n) is 3.56. The Morgan fingerprint density at radius 1 is 1.21 bits per heavy atom. The lowest BCUT2D eigenvalue weighted by molar-refractivity contribution is 0.497. The SMILES string of the molecule is CC(C)C(C)N(C)c1n[nH]c(=S)n1-c1ccccc1. The summed E-state index contributed by atoms with van der Waals surface area (Å²) in [6.45, 7) is 6.60. The van der Waals surface area contributed by atoms with Crippen LogP contribution in [0.15, 0.2) is 30.3 Å². The summed E-state index contributed by atoms with van der Waals surface area (Å²) < 4.78 is 2.58. The minimum absolute atomic E-state index is 0.382. The molecule has 0 aliphatic heterocycles. The highest BCUT2D eigenvalue weighted by atomic mass is 32.1. The van der Waals surface area contributed by atoms with E-state index in [1.165, 1.54) is 0 Å². The number of para-hydroxylation sites is 1. The Hall–Kier alpha value is -1.62. The first-order valence-electron chi connectivity index (χ1n) is 6.48. The summed E-state index contributed by atoms with van der Waals surface area (Å²) in [4.78, 5) is 2.16. The number of nitrogens with zero attached hydrogens (tertiary/aromatic N) is 3. The molecule has 2 aromatic rings. The van der Waals surface area contributed by atoms with Crippen LogP contribution in [0.4, 0.5) is 5.95 Å². The quantitative estimate of drug-likeness (QED) is 0.869. The lowest BCUT2D eigenvalue weighted by atomic mass is 10.1. The monoisotopic (exact) mass is 276 g/mol. The van der Waals surface area contributed by atoms with Gasteiger partial charge in [-0.1, -0.05) is 32.0 Å².